The van der Waals surface area contributed by atoms with Crippen LogP contribution in [0.4, 0.5) is 0 Å². The zero-order chi connectivity index (χ0) is 11.5. The Morgan fingerprint density at radius 1 is 1.31 bits per heavy atom. The summed E-state index contributed by atoms with van der Waals surface area (Å²) >= 11 is 0. The van der Waals surface area contributed by atoms with E-state index in [4.69, 9.17) is 5.73 Å². The second kappa shape index (κ2) is 4.78. The van der Waals surface area contributed by atoms with Crippen LogP contribution in [0.1, 0.15) is 29.2 Å². The average molecular weight is 219 g/mol. The number of fused-ring (bicyclic) bond motifs is 1. The van der Waals surface area contributed by atoms with Gasteiger partial charge in [-0.3, -0.25) is 0 Å². The van der Waals surface area contributed by atoms with Gasteiger partial charge >= 0.3 is 0 Å². The highest BCUT2D eigenvalue weighted by molar-refractivity contribution is 5.62. The van der Waals surface area contributed by atoms with Crippen molar-refractivity contribution >= 4 is 6.08 Å². The zero-order valence-corrected chi connectivity index (χ0v) is 9.13. The number of hydrogen-bond acceptors (Lipinski definition) is 3. The van der Waals surface area contributed by atoms with Gasteiger partial charge in [-0.2, -0.15) is 0 Å². The summed E-state index contributed by atoms with van der Waals surface area (Å²) in [5.41, 5.74) is 8.45. The van der Waals surface area contributed by atoms with E-state index in [1.807, 2.05) is 24.3 Å². The van der Waals surface area contributed by atoms with Crippen LogP contribution < -0.4 is 5.73 Å². The van der Waals surface area contributed by atoms with E-state index < -0.39 is 12.2 Å². The summed E-state index contributed by atoms with van der Waals surface area (Å²) in [6.07, 6.45) is 3.74. The van der Waals surface area contributed by atoms with Gasteiger partial charge in [0.05, 0.1) is 6.10 Å². The van der Waals surface area contributed by atoms with Crippen LogP contribution in [-0.4, -0.2) is 22.9 Å². The molecule has 0 heterocycles. The lowest BCUT2D eigenvalue weighted by atomic mass is 9.94. The number of aliphatic hydroxyl groups excluding tert-OH is 2. The van der Waals surface area contributed by atoms with E-state index in [2.05, 4.69) is 6.08 Å². The van der Waals surface area contributed by atoms with Crippen LogP contribution in [0.2, 0.25) is 0 Å². The Kier molecular flexibility index (Phi) is 3.39. The van der Waals surface area contributed by atoms with Crippen molar-refractivity contribution in [1.29, 1.82) is 0 Å². The molecule has 1 aliphatic carbocycles. The van der Waals surface area contributed by atoms with Crippen LogP contribution in [0.3, 0.4) is 0 Å². The quantitative estimate of drug-likeness (QED) is 0.707. The molecule has 1 aliphatic rings. The van der Waals surface area contributed by atoms with Crippen molar-refractivity contribution in [2.45, 2.75) is 25.0 Å². The van der Waals surface area contributed by atoms with E-state index in [9.17, 15) is 10.2 Å². The fourth-order valence-corrected chi connectivity index (χ4v) is 2.13. The first-order chi connectivity index (χ1) is 7.74. The first kappa shape index (κ1) is 11.3. The van der Waals surface area contributed by atoms with Gasteiger partial charge in [-0.1, -0.05) is 30.4 Å². The topological polar surface area (TPSA) is 66.5 Å². The van der Waals surface area contributed by atoms with Crippen LogP contribution in [0.15, 0.2) is 24.3 Å². The molecule has 0 aromatic heterocycles. The van der Waals surface area contributed by atoms with Crippen molar-refractivity contribution in [1.82, 2.24) is 0 Å². The Balaban J connectivity index is 2.25. The highest BCUT2D eigenvalue weighted by Gasteiger charge is 2.22. The fraction of sp³-hybridized carbons (Fsp3) is 0.385. The molecule has 0 spiro atoms. The van der Waals surface area contributed by atoms with Crippen molar-refractivity contribution in [3.8, 4) is 0 Å². The summed E-state index contributed by atoms with van der Waals surface area (Å²) in [6.45, 7) is 0.380. The summed E-state index contributed by atoms with van der Waals surface area (Å²) in [5, 5.41) is 19.8. The van der Waals surface area contributed by atoms with Crippen molar-refractivity contribution in [3.05, 3.63) is 41.0 Å². The van der Waals surface area contributed by atoms with Gasteiger partial charge in [-0.05, 0) is 36.1 Å². The maximum Gasteiger partial charge on any atom is 0.105 e. The zero-order valence-electron chi connectivity index (χ0n) is 9.13. The second-order valence-electron chi connectivity index (χ2n) is 4.11. The lowest BCUT2D eigenvalue weighted by Gasteiger charge is -2.20. The molecular weight excluding hydrogens is 202 g/mol. The number of benzene rings is 1. The second-order valence-corrected chi connectivity index (χ2v) is 4.11. The maximum absolute atomic E-state index is 10.1. The summed E-state index contributed by atoms with van der Waals surface area (Å²) in [5.74, 6) is 0. The van der Waals surface area contributed by atoms with Gasteiger partial charge in [-0.15, -0.1) is 0 Å². The Bertz CT molecular complexity index is 401. The predicted molar refractivity (Wildman–Crippen MR) is 63.8 cm³/mol. The summed E-state index contributed by atoms with van der Waals surface area (Å²) in [4.78, 5) is 0. The van der Waals surface area contributed by atoms with E-state index in [1.165, 1.54) is 0 Å². The monoisotopic (exact) mass is 219 g/mol. The fourth-order valence-electron chi connectivity index (χ4n) is 2.13. The molecule has 16 heavy (non-hydrogen) atoms. The number of allylic oxidation sites excluding steroid dienone is 1. The average Bonchev–Trinajstić information content (AvgIpc) is 2.76. The molecule has 4 N–H and O–H groups in total. The third-order valence-electron chi connectivity index (χ3n) is 3.01. The summed E-state index contributed by atoms with van der Waals surface area (Å²) in [7, 11) is 0. The van der Waals surface area contributed by atoms with Gasteiger partial charge in [0, 0.05) is 0 Å². The molecule has 0 amide bonds. The summed E-state index contributed by atoms with van der Waals surface area (Å²) < 4.78 is 0. The molecule has 0 aliphatic heterocycles. The third-order valence-corrected chi connectivity index (χ3v) is 3.01. The van der Waals surface area contributed by atoms with Crippen molar-refractivity contribution in [3.63, 3.8) is 0 Å². The highest BCUT2D eigenvalue weighted by atomic mass is 16.3. The van der Waals surface area contributed by atoms with E-state index in [-0.39, 0.29) is 0 Å². The summed E-state index contributed by atoms with van der Waals surface area (Å²) in [6, 6.07) is 5.79. The highest BCUT2D eigenvalue weighted by Crippen LogP contribution is 2.29. The van der Waals surface area contributed by atoms with Gasteiger partial charge in [-0.25, -0.2) is 0 Å². The third kappa shape index (κ3) is 2.02. The molecule has 0 saturated heterocycles. The van der Waals surface area contributed by atoms with Crippen LogP contribution in [0, 0.1) is 0 Å². The Hall–Kier alpha value is -1.16. The van der Waals surface area contributed by atoms with Crippen LogP contribution in [0.25, 0.3) is 6.08 Å². The van der Waals surface area contributed by atoms with Crippen LogP contribution in [0.5, 0.6) is 0 Å². The molecule has 0 fully saturated rings. The number of aliphatic hydroxyl groups is 2. The largest absolute Gasteiger partial charge is 0.390 e. The molecule has 2 rings (SSSR count). The minimum atomic E-state index is -0.835. The Labute approximate surface area is 95.2 Å². The SMILES string of the molecule is NCCC(O)C(O)c1cccc2c1CC=C2. The molecule has 1 aromatic rings. The lowest BCUT2D eigenvalue weighted by Crippen LogP contribution is -2.22. The molecule has 86 valence electrons. The molecule has 3 nitrogen and oxygen atoms in total. The standard InChI is InChI=1S/C13H17NO2/c14-8-7-12(15)13(16)11-6-2-4-9-3-1-5-10(9)11/h1-4,6,12-13,15-16H,5,7-8,14H2. The van der Waals surface area contributed by atoms with Crippen molar-refractivity contribution in [2.75, 3.05) is 6.54 Å². The Morgan fingerprint density at radius 3 is 2.88 bits per heavy atom. The lowest BCUT2D eigenvalue weighted by molar-refractivity contribution is 0.0146. The van der Waals surface area contributed by atoms with E-state index in [1.54, 1.807) is 0 Å². The van der Waals surface area contributed by atoms with Gasteiger partial charge in [0.15, 0.2) is 0 Å². The molecule has 0 saturated carbocycles. The first-order valence-electron chi connectivity index (χ1n) is 5.58. The van der Waals surface area contributed by atoms with Gasteiger partial charge in [0.1, 0.15) is 6.10 Å². The molecule has 3 heteroatoms. The molecule has 1 aromatic carbocycles. The maximum atomic E-state index is 10.1. The number of hydrogen-bond donors (Lipinski definition) is 3. The predicted octanol–water partition coefficient (Wildman–Crippen LogP) is 0.999. The van der Waals surface area contributed by atoms with Crippen LogP contribution >= 0.6 is 0 Å². The minimum Gasteiger partial charge on any atom is -0.390 e. The number of nitrogens with two attached hydrogens (primary N) is 1. The minimum absolute atomic E-state index is 0.380. The molecule has 2 unspecified atom stereocenters. The van der Waals surface area contributed by atoms with Crippen LogP contribution in [-0.2, 0) is 6.42 Å². The van der Waals surface area contributed by atoms with E-state index in [0.717, 1.165) is 23.1 Å². The first-order valence-corrected chi connectivity index (χ1v) is 5.58. The van der Waals surface area contributed by atoms with Crippen molar-refractivity contribution < 1.29 is 10.2 Å². The van der Waals surface area contributed by atoms with E-state index >= 15 is 0 Å². The molecule has 0 radical (unpaired) electrons. The smallest absolute Gasteiger partial charge is 0.105 e. The molecular formula is C13H17NO2. The van der Waals surface area contributed by atoms with Gasteiger partial charge in [0.25, 0.3) is 0 Å². The van der Waals surface area contributed by atoms with Crippen molar-refractivity contribution in [2.24, 2.45) is 5.73 Å². The normalized spacial score (nSPS) is 17.2. The van der Waals surface area contributed by atoms with Gasteiger partial charge in [0.2, 0.25) is 0 Å². The molecule has 0 bridgehead atoms. The Morgan fingerprint density at radius 2 is 2.12 bits per heavy atom. The van der Waals surface area contributed by atoms with Gasteiger partial charge < -0.3 is 15.9 Å². The van der Waals surface area contributed by atoms with E-state index in [0.29, 0.717) is 13.0 Å². The number of rotatable bonds is 4. The molecule has 2 atom stereocenters.